The maximum atomic E-state index is 12.1. The molecule has 1 aromatic carbocycles. The van der Waals surface area contributed by atoms with Crippen molar-refractivity contribution in [2.24, 2.45) is 0 Å². The smallest absolute Gasteiger partial charge is 0.410 e. The normalized spacial score (nSPS) is 10.2. The van der Waals surface area contributed by atoms with E-state index < -0.39 is 0 Å². The van der Waals surface area contributed by atoms with Crippen molar-refractivity contribution in [2.75, 3.05) is 13.1 Å². The summed E-state index contributed by atoms with van der Waals surface area (Å²) in [6, 6.07) is 9.56. The summed E-state index contributed by atoms with van der Waals surface area (Å²) in [4.78, 5) is 24.5. The molecule has 4 nitrogen and oxygen atoms in total. The van der Waals surface area contributed by atoms with Gasteiger partial charge in [-0.05, 0) is 30.0 Å². The average Bonchev–Trinajstić information content (AvgIpc) is 2.49. The Morgan fingerprint density at radius 1 is 1.14 bits per heavy atom. The summed E-state index contributed by atoms with van der Waals surface area (Å²) in [5.41, 5.74) is 0.956. The molecule has 0 aliphatic rings. The van der Waals surface area contributed by atoms with Crippen LogP contribution in [0.3, 0.4) is 0 Å². The van der Waals surface area contributed by atoms with E-state index in [2.05, 4.69) is 6.92 Å². The van der Waals surface area contributed by atoms with E-state index >= 15 is 0 Å². The summed E-state index contributed by atoms with van der Waals surface area (Å²) >= 11 is 5.31. The van der Waals surface area contributed by atoms with Gasteiger partial charge in [0.25, 0.3) is 0 Å². The monoisotopic (exact) mass is 311 g/mol. The van der Waals surface area contributed by atoms with Crippen LogP contribution < -0.4 is 0 Å². The first-order valence-corrected chi connectivity index (χ1v) is 7.65. The van der Waals surface area contributed by atoms with E-state index in [1.165, 1.54) is 0 Å². The van der Waals surface area contributed by atoms with E-state index in [9.17, 15) is 9.59 Å². The van der Waals surface area contributed by atoms with E-state index in [-0.39, 0.29) is 24.4 Å². The van der Waals surface area contributed by atoms with Crippen LogP contribution in [-0.4, -0.2) is 29.3 Å². The zero-order valence-electron chi connectivity index (χ0n) is 12.4. The summed E-state index contributed by atoms with van der Waals surface area (Å²) in [5.74, 6) is 0. The Morgan fingerprint density at radius 2 is 1.81 bits per heavy atom. The molecule has 0 aliphatic heterocycles. The molecule has 0 radical (unpaired) electrons. The first-order valence-electron chi connectivity index (χ1n) is 7.27. The number of hydrogen-bond donors (Lipinski definition) is 0. The number of nitrogens with zero attached hydrogens (tertiary/aromatic N) is 1. The summed E-state index contributed by atoms with van der Waals surface area (Å²) in [7, 11) is 0. The van der Waals surface area contributed by atoms with Gasteiger partial charge in [0.2, 0.25) is 5.24 Å². The first-order chi connectivity index (χ1) is 10.1. The van der Waals surface area contributed by atoms with Crippen molar-refractivity contribution in [1.82, 2.24) is 4.90 Å². The molecule has 0 aliphatic carbocycles. The molecule has 0 atom stereocenters. The molecule has 5 heteroatoms. The second-order valence-corrected chi connectivity index (χ2v) is 5.26. The highest BCUT2D eigenvalue weighted by atomic mass is 35.5. The van der Waals surface area contributed by atoms with E-state index in [0.717, 1.165) is 18.4 Å². The summed E-state index contributed by atoms with van der Waals surface area (Å²) < 4.78 is 5.31. The minimum Gasteiger partial charge on any atom is -0.445 e. The highest BCUT2D eigenvalue weighted by molar-refractivity contribution is 6.63. The SMILES string of the molecule is CCCCN(CCCC(=O)Cl)C(=O)OCc1ccccc1. The molecule has 116 valence electrons. The molecular weight excluding hydrogens is 290 g/mol. The Hall–Kier alpha value is -1.55. The third kappa shape index (κ3) is 7.71. The van der Waals surface area contributed by atoms with Crippen LogP contribution in [0.15, 0.2) is 30.3 Å². The molecule has 1 rings (SSSR count). The molecule has 1 amide bonds. The van der Waals surface area contributed by atoms with Gasteiger partial charge >= 0.3 is 6.09 Å². The highest BCUT2D eigenvalue weighted by Gasteiger charge is 2.14. The maximum Gasteiger partial charge on any atom is 0.410 e. The van der Waals surface area contributed by atoms with E-state index in [1.807, 2.05) is 30.3 Å². The van der Waals surface area contributed by atoms with Gasteiger partial charge in [0.05, 0.1) is 0 Å². The molecular formula is C16H22ClNO3. The largest absolute Gasteiger partial charge is 0.445 e. The van der Waals surface area contributed by atoms with Gasteiger partial charge < -0.3 is 9.64 Å². The van der Waals surface area contributed by atoms with Gasteiger partial charge in [-0.15, -0.1) is 0 Å². The number of unbranched alkanes of at least 4 members (excludes halogenated alkanes) is 1. The van der Waals surface area contributed by atoms with Crippen molar-refractivity contribution in [3.63, 3.8) is 0 Å². The van der Waals surface area contributed by atoms with E-state index in [4.69, 9.17) is 16.3 Å². The number of benzene rings is 1. The van der Waals surface area contributed by atoms with E-state index in [1.54, 1.807) is 4.90 Å². The van der Waals surface area contributed by atoms with Gasteiger partial charge in [-0.3, -0.25) is 4.79 Å². The van der Waals surface area contributed by atoms with Crippen molar-refractivity contribution in [3.05, 3.63) is 35.9 Å². The fourth-order valence-electron chi connectivity index (χ4n) is 1.86. The number of rotatable bonds is 9. The predicted octanol–water partition coefficient (Wildman–Crippen LogP) is 3.97. The first kappa shape index (κ1) is 17.5. The number of halogens is 1. The van der Waals surface area contributed by atoms with Crippen molar-refractivity contribution in [1.29, 1.82) is 0 Å². The van der Waals surface area contributed by atoms with Gasteiger partial charge in [-0.1, -0.05) is 43.7 Å². The van der Waals surface area contributed by atoms with Crippen molar-refractivity contribution >= 4 is 22.9 Å². The van der Waals surface area contributed by atoms with Crippen LogP contribution in [0.25, 0.3) is 0 Å². The second kappa shape index (κ2) is 10.2. The molecule has 0 saturated carbocycles. The Balaban J connectivity index is 2.43. The molecule has 21 heavy (non-hydrogen) atoms. The number of carbonyl (C=O) groups excluding carboxylic acids is 2. The zero-order valence-corrected chi connectivity index (χ0v) is 13.1. The number of ether oxygens (including phenoxy) is 1. The second-order valence-electron chi connectivity index (χ2n) is 4.84. The molecule has 1 aromatic rings. The molecule has 0 heterocycles. The fraction of sp³-hybridized carbons (Fsp3) is 0.500. The van der Waals surface area contributed by atoms with Gasteiger partial charge in [0, 0.05) is 19.5 Å². The van der Waals surface area contributed by atoms with Crippen LogP contribution in [0.1, 0.15) is 38.2 Å². The van der Waals surface area contributed by atoms with Gasteiger partial charge in [0.1, 0.15) is 6.61 Å². The van der Waals surface area contributed by atoms with Gasteiger partial charge in [-0.2, -0.15) is 0 Å². The molecule has 0 spiro atoms. The Kier molecular flexibility index (Phi) is 8.51. The maximum absolute atomic E-state index is 12.1. The summed E-state index contributed by atoms with van der Waals surface area (Å²) in [5, 5.41) is -0.372. The molecule has 0 saturated heterocycles. The highest BCUT2D eigenvalue weighted by Crippen LogP contribution is 2.07. The quantitative estimate of drug-likeness (QED) is 0.648. The minimum absolute atomic E-state index is 0.261. The average molecular weight is 312 g/mol. The third-order valence-electron chi connectivity index (χ3n) is 3.05. The van der Waals surface area contributed by atoms with Gasteiger partial charge in [0.15, 0.2) is 0 Å². The number of amides is 1. The lowest BCUT2D eigenvalue weighted by atomic mass is 10.2. The van der Waals surface area contributed by atoms with E-state index in [0.29, 0.717) is 19.5 Å². The Morgan fingerprint density at radius 3 is 2.43 bits per heavy atom. The van der Waals surface area contributed by atoms with Crippen LogP contribution in [0.2, 0.25) is 0 Å². The Bertz CT molecular complexity index is 436. The lowest BCUT2D eigenvalue weighted by Gasteiger charge is -2.21. The fourth-order valence-corrected chi connectivity index (χ4v) is 2.00. The van der Waals surface area contributed by atoms with Crippen molar-refractivity contribution in [2.45, 2.75) is 39.2 Å². The predicted molar refractivity (Wildman–Crippen MR) is 83.2 cm³/mol. The number of carbonyl (C=O) groups is 2. The van der Waals surface area contributed by atoms with Crippen LogP contribution in [0.4, 0.5) is 4.79 Å². The molecule has 0 unspecified atom stereocenters. The molecule has 0 bridgehead atoms. The third-order valence-corrected chi connectivity index (χ3v) is 3.24. The minimum atomic E-state index is -0.372. The van der Waals surface area contributed by atoms with Crippen LogP contribution in [-0.2, 0) is 16.1 Å². The zero-order chi connectivity index (χ0) is 15.5. The summed E-state index contributed by atoms with van der Waals surface area (Å²) in [6.07, 6.45) is 2.41. The molecule has 0 fully saturated rings. The Labute approximate surface area is 131 Å². The van der Waals surface area contributed by atoms with Crippen molar-refractivity contribution in [3.8, 4) is 0 Å². The standard InChI is InChI=1S/C16H22ClNO3/c1-2-3-11-18(12-7-10-15(17)19)16(20)21-13-14-8-5-4-6-9-14/h4-6,8-9H,2-3,7,10-13H2,1H3. The van der Waals surface area contributed by atoms with Crippen LogP contribution >= 0.6 is 11.6 Å². The number of hydrogen-bond acceptors (Lipinski definition) is 3. The van der Waals surface area contributed by atoms with Gasteiger partial charge in [-0.25, -0.2) is 4.79 Å². The lowest BCUT2D eigenvalue weighted by molar-refractivity contribution is -0.111. The molecule has 0 aromatic heterocycles. The lowest BCUT2D eigenvalue weighted by Crippen LogP contribution is -2.33. The summed E-state index contributed by atoms with van der Waals surface area (Å²) in [6.45, 7) is 3.46. The van der Waals surface area contributed by atoms with Crippen LogP contribution in [0, 0.1) is 0 Å². The molecule has 0 N–H and O–H groups in total. The van der Waals surface area contributed by atoms with Crippen LogP contribution in [0.5, 0.6) is 0 Å². The topological polar surface area (TPSA) is 46.6 Å². The van der Waals surface area contributed by atoms with Crippen molar-refractivity contribution < 1.29 is 14.3 Å².